The number of carbonyl (C=O) groups is 1. The van der Waals surface area contributed by atoms with E-state index in [1.807, 2.05) is 48.5 Å². The van der Waals surface area contributed by atoms with Crippen LogP contribution in [0.25, 0.3) is 0 Å². The minimum absolute atomic E-state index is 0.0631. The van der Waals surface area contributed by atoms with Crippen LogP contribution in [0, 0.1) is 0 Å². The zero-order valence-corrected chi connectivity index (χ0v) is 11.5. The predicted octanol–water partition coefficient (Wildman–Crippen LogP) is 2.88. The molecule has 0 aromatic heterocycles. The molecule has 20 heavy (non-hydrogen) atoms. The Morgan fingerprint density at radius 2 is 1.60 bits per heavy atom. The minimum Gasteiger partial charge on any atom is -0.457 e. The topological polar surface area (TPSA) is 38.3 Å². The molecule has 1 aliphatic heterocycles. The van der Waals surface area contributed by atoms with Crippen LogP contribution in [0.15, 0.2) is 60.7 Å². The second-order valence-corrected chi connectivity index (χ2v) is 4.96. The number of Topliss-reactive ketones (excluding diaryl/α,β-unsaturated/α-hetero) is 1. The monoisotopic (exact) mass is 283 g/mol. The van der Waals surface area contributed by atoms with Crippen LogP contribution in [-0.2, 0) is 4.74 Å². The van der Waals surface area contributed by atoms with Gasteiger partial charge in [0.05, 0.1) is 6.04 Å². The van der Waals surface area contributed by atoms with Gasteiger partial charge < -0.3 is 10.1 Å². The van der Waals surface area contributed by atoms with E-state index < -0.39 is 6.10 Å². The maximum atomic E-state index is 12.6. The lowest BCUT2D eigenvalue weighted by atomic mass is 9.96. The predicted molar refractivity (Wildman–Crippen MR) is 80.6 cm³/mol. The van der Waals surface area contributed by atoms with Crippen molar-refractivity contribution < 1.29 is 9.53 Å². The van der Waals surface area contributed by atoms with Gasteiger partial charge >= 0.3 is 0 Å². The third-order valence-corrected chi connectivity index (χ3v) is 3.50. The average Bonchev–Trinajstić information content (AvgIpc) is 2.90. The molecule has 2 atom stereocenters. The highest BCUT2D eigenvalue weighted by atomic mass is 32.1. The van der Waals surface area contributed by atoms with Crippen LogP contribution in [0.4, 0.5) is 0 Å². The fourth-order valence-electron chi connectivity index (χ4n) is 2.31. The Morgan fingerprint density at radius 1 is 1.00 bits per heavy atom. The lowest BCUT2D eigenvalue weighted by Crippen LogP contribution is -2.29. The molecular weight excluding hydrogens is 270 g/mol. The molecule has 2 aromatic carbocycles. The maximum absolute atomic E-state index is 12.6. The van der Waals surface area contributed by atoms with Gasteiger partial charge in [-0.2, -0.15) is 0 Å². The highest BCUT2D eigenvalue weighted by Crippen LogP contribution is 2.27. The number of carbonyl (C=O) groups excluding carboxylic acids is 1. The van der Waals surface area contributed by atoms with Gasteiger partial charge in [0.1, 0.15) is 0 Å². The Hall–Kier alpha value is -2.20. The van der Waals surface area contributed by atoms with Gasteiger partial charge in [-0.25, -0.2) is 0 Å². The largest absolute Gasteiger partial charge is 0.457 e. The van der Waals surface area contributed by atoms with Crippen LogP contribution in [0.5, 0.6) is 0 Å². The summed E-state index contributed by atoms with van der Waals surface area (Å²) < 4.78 is 5.52. The summed E-state index contributed by atoms with van der Waals surface area (Å²) in [6, 6.07) is 18.6. The molecule has 1 saturated heterocycles. The molecule has 0 spiro atoms. The van der Waals surface area contributed by atoms with E-state index in [0.29, 0.717) is 5.56 Å². The van der Waals surface area contributed by atoms with E-state index in [-0.39, 0.29) is 17.0 Å². The number of benzene rings is 2. The van der Waals surface area contributed by atoms with Gasteiger partial charge in [0.2, 0.25) is 5.78 Å². The summed E-state index contributed by atoms with van der Waals surface area (Å²) in [7, 11) is 0. The zero-order valence-electron chi connectivity index (χ0n) is 10.7. The Bertz CT molecular complexity index is 627. The van der Waals surface area contributed by atoms with Crippen molar-refractivity contribution in [3.8, 4) is 0 Å². The molecule has 1 fully saturated rings. The Kier molecular flexibility index (Phi) is 3.48. The van der Waals surface area contributed by atoms with Crippen LogP contribution in [-0.4, -0.2) is 17.1 Å². The summed E-state index contributed by atoms with van der Waals surface area (Å²) in [5.41, 5.74) is 1.62. The lowest BCUT2D eigenvalue weighted by Gasteiger charge is -2.16. The molecule has 1 heterocycles. The number of rotatable bonds is 3. The second kappa shape index (κ2) is 5.43. The third-order valence-electron chi connectivity index (χ3n) is 3.29. The molecule has 0 aliphatic carbocycles. The van der Waals surface area contributed by atoms with Crippen LogP contribution in [0.2, 0.25) is 0 Å². The molecule has 0 saturated carbocycles. The number of hydrogen-bond donors (Lipinski definition) is 1. The molecular formula is C16H13NO2S. The Morgan fingerprint density at radius 3 is 2.25 bits per heavy atom. The first-order chi connectivity index (χ1) is 9.75. The van der Waals surface area contributed by atoms with E-state index in [9.17, 15) is 4.79 Å². The molecule has 2 unspecified atom stereocenters. The normalized spacial score (nSPS) is 21.1. The smallest absolute Gasteiger partial charge is 0.258 e. The molecule has 0 amide bonds. The maximum Gasteiger partial charge on any atom is 0.258 e. The van der Waals surface area contributed by atoms with Crippen molar-refractivity contribution in [1.82, 2.24) is 5.32 Å². The van der Waals surface area contributed by atoms with E-state index in [1.165, 1.54) is 0 Å². The minimum atomic E-state index is -0.618. The fourth-order valence-corrected chi connectivity index (χ4v) is 2.54. The summed E-state index contributed by atoms with van der Waals surface area (Å²) in [4.78, 5) is 12.6. The van der Waals surface area contributed by atoms with Gasteiger partial charge in [0, 0.05) is 5.56 Å². The highest BCUT2D eigenvalue weighted by molar-refractivity contribution is 7.80. The highest BCUT2D eigenvalue weighted by Gasteiger charge is 2.38. The van der Waals surface area contributed by atoms with Crippen LogP contribution >= 0.6 is 12.2 Å². The van der Waals surface area contributed by atoms with Crippen molar-refractivity contribution in [2.24, 2.45) is 0 Å². The molecule has 3 nitrogen and oxygen atoms in total. The summed E-state index contributed by atoms with van der Waals surface area (Å²) in [6.07, 6.45) is -0.618. The van der Waals surface area contributed by atoms with Gasteiger partial charge in [-0.1, -0.05) is 60.7 Å². The van der Waals surface area contributed by atoms with E-state index in [0.717, 1.165) is 5.56 Å². The first-order valence-electron chi connectivity index (χ1n) is 6.37. The molecule has 3 rings (SSSR count). The van der Waals surface area contributed by atoms with Crippen molar-refractivity contribution in [3.63, 3.8) is 0 Å². The molecule has 1 N–H and O–H groups in total. The number of thiocarbonyl (C=S) groups is 1. The third kappa shape index (κ3) is 2.42. The number of hydrogen-bond acceptors (Lipinski definition) is 3. The van der Waals surface area contributed by atoms with E-state index in [4.69, 9.17) is 17.0 Å². The van der Waals surface area contributed by atoms with Crippen LogP contribution < -0.4 is 5.32 Å². The Labute approximate surface area is 122 Å². The lowest BCUT2D eigenvalue weighted by molar-refractivity contribution is 0.0787. The van der Waals surface area contributed by atoms with E-state index in [1.54, 1.807) is 12.1 Å². The van der Waals surface area contributed by atoms with E-state index >= 15 is 0 Å². The van der Waals surface area contributed by atoms with Gasteiger partial charge in [-0.15, -0.1) is 0 Å². The SMILES string of the molecule is O=C(c1ccccc1)C1OC(=S)NC1c1ccccc1. The average molecular weight is 283 g/mol. The molecule has 100 valence electrons. The van der Waals surface area contributed by atoms with Crippen LogP contribution in [0.1, 0.15) is 22.0 Å². The fraction of sp³-hybridized carbons (Fsp3) is 0.125. The Balaban J connectivity index is 1.91. The number of ketones is 1. The number of nitrogens with one attached hydrogen (secondary N) is 1. The molecule has 2 aromatic rings. The summed E-state index contributed by atoms with van der Waals surface area (Å²) in [5.74, 6) is -0.0631. The van der Waals surface area contributed by atoms with Gasteiger partial charge in [-0.3, -0.25) is 4.79 Å². The van der Waals surface area contributed by atoms with Crippen molar-refractivity contribution in [3.05, 3.63) is 71.8 Å². The summed E-state index contributed by atoms with van der Waals surface area (Å²) >= 11 is 5.06. The molecule has 0 radical (unpaired) electrons. The summed E-state index contributed by atoms with van der Waals surface area (Å²) in [5, 5.41) is 3.33. The van der Waals surface area contributed by atoms with Crippen LogP contribution in [0.3, 0.4) is 0 Å². The van der Waals surface area contributed by atoms with E-state index in [2.05, 4.69) is 5.32 Å². The first kappa shape index (κ1) is 12.8. The second-order valence-electron chi connectivity index (χ2n) is 4.59. The number of ether oxygens (including phenoxy) is 1. The van der Waals surface area contributed by atoms with Gasteiger partial charge in [0.15, 0.2) is 6.10 Å². The quantitative estimate of drug-likeness (QED) is 0.694. The van der Waals surface area contributed by atoms with Crippen molar-refractivity contribution >= 4 is 23.2 Å². The van der Waals surface area contributed by atoms with Gasteiger partial charge in [0.25, 0.3) is 5.17 Å². The van der Waals surface area contributed by atoms with Gasteiger partial charge in [-0.05, 0) is 17.8 Å². The zero-order chi connectivity index (χ0) is 13.9. The first-order valence-corrected chi connectivity index (χ1v) is 6.78. The summed E-state index contributed by atoms with van der Waals surface area (Å²) in [6.45, 7) is 0. The molecule has 0 bridgehead atoms. The molecule has 4 heteroatoms. The van der Waals surface area contributed by atoms with Crippen molar-refractivity contribution in [2.45, 2.75) is 12.1 Å². The van der Waals surface area contributed by atoms with Crippen molar-refractivity contribution in [2.75, 3.05) is 0 Å². The standard InChI is InChI=1S/C16H13NO2S/c18-14(12-9-5-2-6-10-12)15-13(17-16(20)19-15)11-7-3-1-4-8-11/h1-10,13,15H,(H,17,20). The molecule has 1 aliphatic rings. The van der Waals surface area contributed by atoms with Crippen molar-refractivity contribution in [1.29, 1.82) is 0 Å².